The van der Waals surface area contributed by atoms with E-state index in [9.17, 15) is 0 Å². The van der Waals surface area contributed by atoms with Gasteiger partial charge in [-0.25, -0.2) is 0 Å². The minimum Gasteiger partial charge on any atom is 0 e. The van der Waals surface area contributed by atoms with Crippen LogP contribution in [0.5, 0.6) is 0 Å². The van der Waals surface area contributed by atoms with Gasteiger partial charge in [-0.1, -0.05) is 0 Å². The Hall–Kier alpha value is 2.88. The molecule has 0 rings (SSSR count). The van der Waals surface area contributed by atoms with Crippen molar-refractivity contribution in [1.82, 2.24) is 0 Å². The summed E-state index contributed by atoms with van der Waals surface area (Å²) in [6.45, 7) is 1.81. The molecule has 0 saturated heterocycles. The van der Waals surface area contributed by atoms with Crippen LogP contribution in [0.2, 0.25) is 0 Å². The predicted molar refractivity (Wildman–Crippen MR) is 17.1 cm³/mol. The zero-order valence-electron chi connectivity index (χ0n) is 2.03. The summed E-state index contributed by atoms with van der Waals surface area (Å²) in [6, 6.07) is 0. The van der Waals surface area contributed by atoms with E-state index in [1.54, 1.807) is 0 Å². The van der Waals surface area contributed by atoms with Crippen molar-refractivity contribution in [1.29, 1.82) is 0 Å². The molecule has 0 bridgehead atoms. The van der Waals surface area contributed by atoms with Crippen molar-refractivity contribution in [2.24, 2.45) is 0 Å². The van der Waals surface area contributed by atoms with Gasteiger partial charge in [0.2, 0.25) is 0 Å². The van der Waals surface area contributed by atoms with E-state index >= 15 is 0 Å². The molecule has 0 saturated carbocycles. The molecule has 0 aromatic heterocycles. The van der Waals surface area contributed by atoms with E-state index in [1.165, 1.54) is 0 Å². The quantitative estimate of drug-likeness (QED) is 0.428. The number of rotatable bonds is 0. The fraction of sp³-hybridized carbons (Fsp3) is 0. The Labute approximate surface area is 92.6 Å². The van der Waals surface area contributed by atoms with Crippen molar-refractivity contribution in [3.05, 3.63) is 0 Å². The summed E-state index contributed by atoms with van der Waals surface area (Å²) >= 11 is 2.94. The first-order chi connectivity index (χ1) is 1.00. The van der Waals surface area contributed by atoms with Crippen LogP contribution in [0.25, 0.3) is 0 Å². The Morgan fingerprint density at radius 3 is 1.20 bits per heavy atom. The summed E-state index contributed by atoms with van der Waals surface area (Å²) < 4.78 is 0. The van der Waals surface area contributed by atoms with Crippen LogP contribution in [0.15, 0.2) is 0 Å². The second kappa shape index (κ2) is 28.7. The van der Waals surface area contributed by atoms with Gasteiger partial charge >= 0.3 is 60.2 Å². The summed E-state index contributed by atoms with van der Waals surface area (Å²) in [5.41, 5.74) is 0. The van der Waals surface area contributed by atoms with E-state index in [-0.39, 0.29) is 71.9 Å². The maximum Gasteiger partial charge on any atom is 0 e. The van der Waals surface area contributed by atoms with Crippen LogP contribution in [0, 0.1) is 0 Å². The van der Waals surface area contributed by atoms with Gasteiger partial charge in [-0.15, -0.1) is 0 Å². The van der Waals surface area contributed by atoms with Crippen LogP contribution in [0.4, 0.5) is 0 Å². The standard InChI is InChI=1S/BH2.Ca.Cu.Fe.Mn.2H/h1H2;;;;;;/q+1;;;;-1;;. The van der Waals surface area contributed by atoms with Crippen LogP contribution >= 0.6 is 0 Å². The van der Waals surface area contributed by atoms with E-state index in [0.717, 1.165) is 0 Å². The van der Waals surface area contributed by atoms with Gasteiger partial charge in [-0.05, 0) is 0 Å². The molecule has 0 aliphatic carbocycles. The molecule has 0 atom stereocenters. The summed E-state index contributed by atoms with van der Waals surface area (Å²) in [4.78, 5) is 0. The third kappa shape index (κ3) is 19.7. The number of hydrogen-bond acceptors (Lipinski definition) is 0. The Morgan fingerprint density at radius 2 is 1.20 bits per heavy atom. The predicted octanol–water partition coefficient (Wildman–Crippen LogP) is -1.84. The molecule has 0 aliphatic rings. The first-order valence-electron chi connectivity index (χ1n) is 0.378. The van der Waals surface area contributed by atoms with Crippen molar-refractivity contribution in [3.63, 3.8) is 0 Å². The van der Waals surface area contributed by atoms with E-state index < -0.39 is 0 Å². The van der Waals surface area contributed by atoms with Crippen LogP contribution < -0.4 is 0 Å². The van der Waals surface area contributed by atoms with Gasteiger partial charge < -0.3 is 0 Å². The Morgan fingerprint density at radius 1 is 1.20 bits per heavy atom. The van der Waals surface area contributed by atoms with Crippen LogP contribution in [0.1, 0.15) is 0 Å². The molecular weight excluding hydrogens is 225 g/mol. The maximum absolute atomic E-state index is 2.94. The minimum atomic E-state index is 0. The van der Waals surface area contributed by atoms with Gasteiger partial charge in [0, 0.05) is 34.1 Å². The SMILES string of the molecule is [BH2][Mn].[CaH2].[Cu].[Fe]. The number of hydrogen-bond donors (Lipinski definition) is 0. The molecule has 0 nitrogen and oxygen atoms in total. The first-order valence-corrected chi connectivity index (χ1v) is 1.56. The van der Waals surface area contributed by atoms with E-state index in [4.69, 9.17) is 0 Å². The van der Waals surface area contributed by atoms with E-state index in [1.807, 2.05) is 6.66 Å². The van der Waals surface area contributed by atoms with Gasteiger partial charge in [0.25, 0.3) is 0 Å². The molecule has 0 fully saturated rings. The fourth-order valence-electron chi connectivity index (χ4n) is 0. The first kappa shape index (κ1) is 24.8. The third-order valence-electron chi connectivity index (χ3n) is 0. The van der Waals surface area contributed by atoms with Crippen molar-refractivity contribution in [2.45, 2.75) is 0 Å². The van der Waals surface area contributed by atoms with Gasteiger partial charge in [-0.2, -0.15) is 0 Å². The molecule has 0 aromatic rings. The molecule has 0 aliphatic heterocycles. The van der Waals surface area contributed by atoms with Crippen molar-refractivity contribution >= 4 is 44.4 Å². The molecule has 35 valence electrons. The van der Waals surface area contributed by atoms with Crippen molar-refractivity contribution < 1.29 is 50.0 Å². The molecular formula is H4BCaCuFeMn. The molecule has 0 amide bonds. The third-order valence-corrected chi connectivity index (χ3v) is 0. The van der Waals surface area contributed by atoms with E-state index in [2.05, 4.69) is 15.8 Å². The molecule has 0 spiro atoms. The summed E-state index contributed by atoms with van der Waals surface area (Å²) in [7, 11) is 0. The van der Waals surface area contributed by atoms with Gasteiger partial charge in [-0.3, -0.25) is 0 Å². The maximum atomic E-state index is 2.94. The minimum absolute atomic E-state index is 0. The Kier molecular flexibility index (Phi) is 142. The molecule has 1 radical (unpaired) electrons. The van der Waals surface area contributed by atoms with Gasteiger partial charge in [0.05, 0.1) is 0 Å². The fourth-order valence-corrected chi connectivity index (χ4v) is 0. The summed E-state index contributed by atoms with van der Waals surface area (Å²) in [6.07, 6.45) is 0. The van der Waals surface area contributed by atoms with Crippen LogP contribution in [0.3, 0.4) is 0 Å². The van der Waals surface area contributed by atoms with Crippen molar-refractivity contribution in [2.75, 3.05) is 0 Å². The zero-order chi connectivity index (χ0) is 2.00. The second-order valence-electron chi connectivity index (χ2n) is 0. The smallest absolute Gasteiger partial charge is 0 e. The average Bonchev–Trinajstić information content (AvgIpc) is 1.00. The normalized spacial score (nSPS) is 1.00. The average molecular weight is 229 g/mol. The monoisotopic (exact) mass is 229 g/mol. The molecule has 0 unspecified atom stereocenters. The molecule has 0 heterocycles. The summed E-state index contributed by atoms with van der Waals surface area (Å²) in [5, 5.41) is 0. The van der Waals surface area contributed by atoms with Crippen LogP contribution in [-0.2, 0) is 50.0 Å². The largest absolute Gasteiger partial charge is 0 e. The summed E-state index contributed by atoms with van der Waals surface area (Å²) in [5.74, 6) is 0. The second-order valence-corrected chi connectivity index (χ2v) is 0. The Bertz CT molecular complexity index is 11.6. The van der Waals surface area contributed by atoms with Crippen molar-refractivity contribution in [3.8, 4) is 0 Å². The van der Waals surface area contributed by atoms with E-state index in [0.29, 0.717) is 0 Å². The topological polar surface area (TPSA) is 0 Å². The molecule has 0 N–H and O–H groups in total. The van der Waals surface area contributed by atoms with Gasteiger partial charge in [0.1, 0.15) is 0 Å². The molecule has 5 heteroatoms. The zero-order valence-corrected chi connectivity index (χ0v) is 5.26. The molecule has 0 aromatic carbocycles. The molecule has 5 heavy (non-hydrogen) atoms. The van der Waals surface area contributed by atoms with Crippen LogP contribution in [-0.4, -0.2) is 44.4 Å². The van der Waals surface area contributed by atoms with Gasteiger partial charge in [0.15, 0.2) is 0 Å². The Balaban J connectivity index is -0.00000000167.